The molecule has 0 spiro atoms. The van der Waals surface area contributed by atoms with Gasteiger partial charge in [-0.05, 0) is 48.9 Å². The van der Waals surface area contributed by atoms with Crippen molar-refractivity contribution in [3.63, 3.8) is 0 Å². The fraction of sp³-hybridized carbons (Fsp3) is 0.250. The number of aromatic nitrogens is 4. The van der Waals surface area contributed by atoms with E-state index in [4.69, 9.17) is 19.7 Å². The number of anilines is 2. The zero-order valence-electron chi connectivity index (χ0n) is 19.5. The highest BCUT2D eigenvalue weighted by Crippen LogP contribution is 2.37. The van der Waals surface area contributed by atoms with Gasteiger partial charge in [0.05, 0.1) is 0 Å². The molecule has 0 fully saturated rings. The molecule has 0 atom stereocenters. The molecule has 3 heterocycles. The number of amides is 1. The number of thioether (sulfide) groups is 1. The molecule has 2 aromatic carbocycles. The normalized spacial score (nSPS) is 12.2. The zero-order chi connectivity index (χ0) is 24.5. The third-order valence-corrected chi connectivity index (χ3v) is 6.39. The second kappa shape index (κ2) is 9.34. The predicted molar refractivity (Wildman–Crippen MR) is 132 cm³/mol. The second-order valence-corrected chi connectivity index (χ2v) is 8.72. The summed E-state index contributed by atoms with van der Waals surface area (Å²) >= 11 is 1.38. The number of carbonyl (C=O) groups excluding carboxylic acids is 1. The van der Waals surface area contributed by atoms with E-state index < -0.39 is 0 Å². The Kier molecular flexibility index (Phi) is 6.08. The number of benzene rings is 2. The standard InChI is InChI=1S/C24H24N6O4S/c1-4-14-7-5-6-13(2)20(14)26-18(31)11-30-21(25)19(24(28-30)35-3)23-27-22(29-34-23)15-8-9-16-17(10-15)33-12-32-16/h5-10H,4,11-12,25H2,1-3H3,(H,26,31). The van der Waals surface area contributed by atoms with Crippen LogP contribution in [0.25, 0.3) is 22.8 Å². The molecule has 10 nitrogen and oxygen atoms in total. The maximum atomic E-state index is 12.9. The Morgan fingerprint density at radius 1 is 1.23 bits per heavy atom. The summed E-state index contributed by atoms with van der Waals surface area (Å²) < 4.78 is 17.8. The van der Waals surface area contributed by atoms with Crippen LogP contribution >= 0.6 is 11.8 Å². The third kappa shape index (κ3) is 4.30. The number of nitrogen functional groups attached to an aromatic ring is 1. The number of hydrogen-bond acceptors (Lipinski definition) is 9. The average Bonchev–Trinajstić information content (AvgIpc) is 3.59. The van der Waals surface area contributed by atoms with E-state index in [0.717, 1.165) is 23.2 Å². The second-order valence-electron chi connectivity index (χ2n) is 7.93. The minimum atomic E-state index is -0.228. The minimum absolute atomic E-state index is 0.0555. The van der Waals surface area contributed by atoms with E-state index in [1.807, 2.05) is 37.4 Å². The molecular weight excluding hydrogens is 468 g/mol. The molecule has 3 N–H and O–H groups in total. The molecule has 1 aliphatic rings. The van der Waals surface area contributed by atoms with Crippen LogP contribution in [0.5, 0.6) is 11.5 Å². The number of fused-ring (bicyclic) bond motifs is 1. The van der Waals surface area contributed by atoms with E-state index in [1.54, 1.807) is 12.1 Å². The Morgan fingerprint density at radius 2 is 2.06 bits per heavy atom. The van der Waals surface area contributed by atoms with Crippen molar-refractivity contribution in [2.75, 3.05) is 24.1 Å². The van der Waals surface area contributed by atoms with Gasteiger partial charge >= 0.3 is 0 Å². The van der Waals surface area contributed by atoms with Crippen LogP contribution in [0.15, 0.2) is 45.9 Å². The lowest BCUT2D eigenvalue weighted by Gasteiger charge is -2.13. The summed E-state index contributed by atoms with van der Waals surface area (Å²) in [6, 6.07) is 11.4. The predicted octanol–water partition coefficient (Wildman–Crippen LogP) is 4.14. The van der Waals surface area contributed by atoms with Crippen molar-refractivity contribution in [2.45, 2.75) is 31.8 Å². The van der Waals surface area contributed by atoms with Gasteiger partial charge in [-0.2, -0.15) is 10.1 Å². The summed E-state index contributed by atoms with van der Waals surface area (Å²) in [5, 5.41) is 12.2. The van der Waals surface area contributed by atoms with Crippen LogP contribution in [0.4, 0.5) is 11.5 Å². The van der Waals surface area contributed by atoms with Crippen molar-refractivity contribution in [2.24, 2.45) is 0 Å². The molecule has 2 aromatic heterocycles. The summed E-state index contributed by atoms with van der Waals surface area (Å²) in [6.45, 7) is 4.14. The lowest BCUT2D eigenvalue weighted by atomic mass is 10.1. The molecule has 0 radical (unpaired) electrons. The first-order valence-corrected chi connectivity index (χ1v) is 12.2. The van der Waals surface area contributed by atoms with Crippen molar-refractivity contribution in [3.05, 3.63) is 47.5 Å². The van der Waals surface area contributed by atoms with Gasteiger partial charge in [0.1, 0.15) is 23.0 Å². The van der Waals surface area contributed by atoms with E-state index in [1.165, 1.54) is 16.4 Å². The van der Waals surface area contributed by atoms with E-state index in [-0.39, 0.29) is 31.0 Å². The fourth-order valence-electron chi connectivity index (χ4n) is 3.91. The third-order valence-electron chi connectivity index (χ3n) is 5.72. The number of hydrogen-bond donors (Lipinski definition) is 2. The molecule has 0 saturated carbocycles. The van der Waals surface area contributed by atoms with Crippen LogP contribution in [-0.2, 0) is 17.8 Å². The topological polar surface area (TPSA) is 130 Å². The molecular formula is C24H24N6O4S. The van der Waals surface area contributed by atoms with Gasteiger partial charge in [-0.3, -0.25) is 4.79 Å². The Balaban J connectivity index is 1.40. The molecule has 0 unspecified atom stereocenters. The summed E-state index contributed by atoms with van der Waals surface area (Å²) in [5.41, 5.74) is 10.5. The van der Waals surface area contributed by atoms with Crippen LogP contribution in [0.1, 0.15) is 18.1 Å². The molecule has 5 rings (SSSR count). The number of carbonyl (C=O) groups is 1. The summed E-state index contributed by atoms with van der Waals surface area (Å²) in [4.78, 5) is 17.4. The maximum absolute atomic E-state index is 12.9. The van der Waals surface area contributed by atoms with Crippen molar-refractivity contribution in [1.82, 2.24) is 19.9 Å². The first-order valence-electron chi connectivity index (χ1n) is 11.0. The van der Waals surface area contributed by atoms with Crippen molar-refractivity contribution >= 4 is 29.2 Å². The minimum Gasteiger partial charge on any atom is -0.454 e. The largest absolute Gasteiger partial charge is 0.454 e. The monoisotopic (exact) mass is 492 g/mol. The lowest BCUT2D eigenvalue weighted by molar-refractivity contribution is -0.116. The SMILES string of the molecule is CCc1cccc(C)c1NC(=O)Cn1nc(SC)c(-c2nc(-c3ccc4c(c3)OCO4)no2)c1N. The maximum Gasteiger partial charge on any atom is 0.264 e. The summed E-state index contributed by atoms with van der Waals surface area (Å²) in [7, 11) is 0. The van der Waals surface area contributed by atoms with Gasteiger partial charge < -0.3 is 25.0 Å². The van der Waals surface area contributed by atoms with E-state index in [0.29, 0.717) is 33.5 Å². The van der Waals surface area contributed by atoms with Gasteiger partial charge in [0.15, 0.2) is 11.5 Å². The number of nitrogens with one attached hydrogen (secondary N) is 1. The Bertz CT molecular complexity index is 1410. The number of ether oxygens (including phenoxy) is 2. The Morgan fingerprint density at radius 3 is 2.86 bits per heavy atom. The van der Waals surface area contributed by atoms with Crippen LogP contribution in [0.3, 0.4) is 0 Å². The van der Waals surface area contributed by atoms with E-state index >= 15 is 0 Å². The van der Waals surface area contributed by atoms with Crippen LogP contribution < -0.4 is 20.5 Å². The number of nitrogens with zero attached hydrogens (tertiary/aromatic N) is 4. The fourth-order valence-corrected chi connectivity index (χ4v) is 4.49. The zero-order valence-corrected chi connectivity index (χ0v) is 20.3. The van der Waals surface area contributed by atoms with Gasteiger partial charge in [-0.25, -0.2) is 4.68 Å². The highest BCUT2D eigenvalue weighted by Gasteiger charge is 2.25. The molecule has 4 aromatic rings. The molecule has 35 heavy (non-hydrogen) atoms. The van der Waals surface area contributed by atoms with Gasteiger partial charge in [0.25, 0.3) is 5.89 Å². The van der Waals surface area contributed by atoms with Crippen molar-refractivity contribution in [3.8, 4) is 34.3 Å². The Labute approximate surface area is 205 Å². The molecule has 1 amide bonds. The van der Waals surface area contributed by atoms with Gasteiger partial charge in [0, 0.05) is 11.3 Å². The highest BCUT2D eigenvalue weighted by atomic mass is 32.2. The van der Waals surface area contributed by atoms with Crippen molar-refractivity contribution in [1.29, 1.82) is 0 Å². The first kappa shape index (κ1) is 22.8. The van der Waals surface area contributed by atoms with Crippen molar-refractivity contribution < 1.29 is 18.8 Å². The smallest absolute Gasteiger partial charge is 0.264 e. The molecule has 180 valence electrons. The molecule has 0 saturated heterocycles. The highest BCUT2D eigenvalue weighted by molar-refractivity contribution is 7.98. The average molecular weight is 493 g/mol. The number of nitrogens with two attached hydrogens (primary N) is 1. The molecule has 11 heteroatoms. The van der Waals surface area contributed by atoms with E-state index in [9.17, 15) is 4.79 Å². The number of aryl methyl sites for hydroxylation is 2. The number of rotatable bonds is 7. The molecule has 0 bridgehead atoms. The lowest BCUT2D eigenvalue weighted by Crippen LogP contribution is -2.21. The van der Waals surface area contributed by atoms with Crippen LogP contribution in [0, 0.1) is 6.92 Å². The summed E-state index contributed by atoms with van der Waals surface area (Å²) in [5.74, 6) is 1.93. The van der Waals surface area contributed by atoms with Crippen LogP contribution in [-0.4, -0.2) is 38.9 Å². The first-order chi connectivity index (χ1) is 17.0. The van der Waals surface area contributed by atoms with E-state index in [2.05, 4.69) is 27.5 Å². The quantitative estimate of drug-likeness (QED) is 0.365. The van der Waals surface area contributed by atoms with Gasteiger partial charge in [-0.1, -0.05) is 30.3 Å². The molecule has 1 aliphatic heterocycles. The summed E-state index contributed by atoms with van der Waals surface area (Å²) in [6.07, 6.45) is 2.68. The Hall–Kier alpha value is -3.99. The van der Waals surface area contributed by atoms with Gasteiger partial charge in [-0.15, -0.1) is 11.8 Å². The molecule has 0 aliphatic carbocycles. The van der Waals surface area contributed by atoms with Gasteiger partial charge in [0.2, 0.25) is 18.5 Å². The number of para-hydroxylation sites is 1. The van der Waals surface area contributed by atoms with Crippen LogP contribution in [0.2, 0.25) is 0 Å².